The van der Waals surface area contributed by atoms with Gasteiger partial charge in [0.15, 0.2) is 0 Å². The fourth-order valence-electron chi connectivity index (χ4n) is 1.52. The van der Waals surface area contributed by atoms with E-state index in [4.69, 9.17) is 22.7 Å². The third-order valence-corrected chi connectivity index (χ3v) is 4.05. The summed E-state index contributed by atoms with van der Waals surface area (Å²) in [6, 6.07) is 15.7. The quantitative estimate of drug-likeness (QED) is 0.505. The summed E-state index contributed by atoms with van der Waals surface area (Å²) in [7, 11) is 0. The van der Waals surface area contributed by atoms with Gasteiger partial charge in [-0.25, -0.2) is 0 Å². The molecule has 3 N–H and O–H groups in total. The van der Waals surface area contributed by atoms with Crippen LogP contribution < -0.4 is 5.73 Å². The fourth-order valence-corrected chi connectivity index (χ4v) is 2.74. The highest BCUT2D eigenvalue weighted by Gasteiger charge is 2.04. The number of rotatable bonds is 4. The van der Waals surface area contributed by atoms with Crippen LogP contribution in [-0.4, -0.2) is 5.84 Å². The first kappa shape index (κ1) is 13.0. The minimum Gasteiger partial charge on any atom is -0.384 e. The number of benzene rings is 2. The van der Waals surface area contributed by atoms with Crippen LogP contribution in [0.2, 0.25) is 5.02 Å². The smallest absolute Gasteiger partial charge is 0.122 e. The topological polar surface area (TPSA) is 49.9 Å². The second kappa shape index (κ2) is 5.94. The number of nitrogen functional groups attached to an aromatic ring is 1. The van der Waals surface area contributed by atoms with Gasteiger partial charge >= 0.3 is 0 Å². The molecule has 0 saturated carbocycles. The Bertz CT molecular complexity index is 555. The molecule has 2 nitrogen and oxygen atoms in total. The summed E-state index contributed by atoms with van der Waals surface area (Å²) in [5, 5.41) is 7.99. The standard InChI is InChI=1S/C14H13ClN2S/c15-12-8-11(14(16)17)6-7-13(12)18-9-10-4-2-1-3-5-10/h1-8H,9H2,(H3,16,17). The summed E-state index contributed by atoms with van der Waals surface area (Å²) in [4.78, 5) is 1.01. The van der Waals surface area contributed by atoms with Crippen LogP contribution in [0, 0.1) is 5.41 Å². The average Bonchev–Trinajstić information content (AvgIpc) is 2.38. The molecule has 0 aliphatic carbocycles. The van der Waals surface area contributed by atoms with E-state index in [-0.39, 0.29) is 5.84 Å². The Kier molecular flexibility index (Phi) is 4.28. The Morgan fingerprint density at radius 2 is 1.89 bits per heavy atom. The first-order chi connectivity index (χ1) is 8.66. The maximum absolute atomic E-state index is 7.35. The molecule has 0 heterocycles. The van der Waals surface area contributed by atoms with Crippen LogP contribution in [0.25, 0.3) is 0 Å². The van der Waals surface area contributed by atoms with Crippen LogP contribution in [0.1, 0.15) is 11.1 Å². The van der Waals surface area contributed by atoms with E-state index >= 15 is 0 Å². The summed E-state index contributed by atoms with van der Waals surface area (Å²) in [5.41, 5.74) is 7.33. The van der Waals surface area contributed by atoms with E-state index in [1.54, 1.807) is 17.8 Å². The molecule has 0 bridgehead atoms. The normalized spacial score (nSPS) is 10.3. The van der Waals surface area contributed by atoms with Crippen molar-refractivity contribution in [1.82, 2.24) is 0 Å². The molecule has 0 amide bonds. The van der Waals surface area contributed by atoms with Crippen molar-refractivity contribution in [2.75, 3.05) is 0 Å². The number of nitrogens with one attached hydrogen (secondary N) is 1. The van der Waals surface area contributed by atoms with Gasteiger partial charge in [-0.15, -0.1) is 11.8 Å². The molecule has 0 saturated heterocycles. The van der Waals surface area contributed by atoms with Crippen LogP contribution in [-0.2, 0) is 5.75 Å². The van der Waals surface area contributed by atoms with Crippen LogP contribution >= 0.6 is 23.4 Å². The van der Waals surface area contributed by atoms with Crippen molar-refractivity contribution in [2.45, 2.75) is 10.6 Å². The first-order valence-electron chi connectivity index (χ1n) is 5.47. The molecule has 0 aliphatic rings. The highest BCUT2D eigenvalue weighted by Crippen LogP contribution is 2.30. The van der Waals surface area contributed by atoms with Crippen molar-refractivity contribution in [1.29, 1.82) is 5.41 Å². The van der Waals surface area contributed by atoms with Gasteiger partial charge in [0, 0.05) is 16.2 Å². The second-order valence-corrected chi connectivity index (χ2v) is 5.26. The number of amidine groups is 1. The summed E-state index contributed by atoms with van der Waals surface area (Å²) in [6.45, 7) is 0. The molecule has 2 aromatic carbocycles. The van der Waals surface area contributed by atoms with Gasteiger partial charge in [-0.3, -0.25) is 5.41 Å². The summed E-state index contributed by atoms with van der Waals surface area (Å²) < 4.78 is 0. The van der Waals surface area contributed by atoms with Crippen molar-refractivity contribution < 1.29 is 0 Å². The summed E-state index contributed by atoms with van der Waals surface area (Å²) >= 11 is 7.84. The van der Waals surface area contributed by atoms with E-state index in [1.165, 1.54) is 5.56 Å². The third kappa shape index (κ3) is 3.28. The molecule has 0 spiro atoms. The van der Waals surface area contributed by atoms with E-state index in [0.29, 0.717) is 10.6 Å². The molecule has 4 heteroatoms. The Hall–Kier alpha value is -1.45. The Labute approximate surface area is 116 Å². The van der Waals surface area contributed by atoms with E-state index in [9.17, 15) is 0 Å². The zero-order chi connectivity index (χ0) is 13.0. The summed E-state index contributed by atoms with van der Waals surface area (Å²) in [5.74, 6) is 0.913. The van der Waals surface area contributed by atoms with Gasteiger partial charge in [0.1, 0.15) is 5.84 Å². The first-order valence-corrected chi connectivity index (χ1v) is 6.84. The zero-order valence-electron chi connectivity index (χ0n) is 9.69. The molecule has 92 valence electrons. The lowest BCUT2D eigenvalue weighted by molar-refractivity contribution is 1.36. The fraction of sp³-hybridized carbons (Fsp3) is 0.0714. The molecule has 0 radical (unpaired) electrons. The van der Waals surface area contributed by atoms with Crippen molar-refractivity contribution in [2.24, 2.45) is 5.73 Å². The lowest BCUT2D eigenvalue weighted by Crippen LogP contribution is -2.10. The largest absolute Gasteiger partial charge is 0.384 e. The van der Waals surface area contributed by atoms with Crippen molar-refractivity contribution in [3.05, 3.63) is 64.7 Å². The number of nitrogens with two attached hydrogens (primary N) is 1. The number of hydrogen-bond acceptors (Lipinski definition) is 2. The monoisotopic (exact) mass is 276 g/mol. The van der Waals surface area contributed by atoms with Crippen LogP contribution in [0.3, 0.4) is 0 Å². The maximum atomic E-state index is 7.35. The van der Waals surface area contributed by atoms with E-state index in [2.05, 4.69) is 12.1 Å². The van der Waals surface area contributed by atoms with Crippen molar-refractivity contribution in [3.8, 4) is 0 Å². The molecular formula is C14H13ClN2S. The minimum absolute atomic E-state index is 0.0384. The van der Waals surface area contributed by atoms with Gasteiger partial charge in [0.05, 0.1) is 5.02 Å². The van der Waals surface area contributed by atoms with E-state index in [0.717, 1.165) is 10.6 Å². The highest BCUT2D eigenvalue weighted by atomic mass is 35.5. The molecule has 0 fully saturated rings. The molecule has 0 atom stereocenters. The van der Waals surface area contributed by atoms with Crippen LogP contribution in [0.5, 0.6) is 0 Å². The van der Waals surface area contributed by atoms with Crippen LogP contribution in [0.15, 0.2) is 53.4 Å². The van der Waals surface area contributed by atoms with Gasteiger partial charge in [0.25, 0.3) is 0 Å². The molecule has 2 aromatic rings. The minimum atomic E-state index is 0.0384. The molecule has 2 rings (SSSR count). The van der Waals surface area contributed by atoms with Crippen molar-refractivity contribution in [3.63, 3.8) is 0 Å². The molecule has 0 aromatic heterocycles. The Morgan fingerprint density at radius 1 is 1.17 bits per heavy atom. The lowest BCUT2D eigenvalue weighted by Gasteiger charge is -2.06. The number of thioether (sulfide) groups is 1. The SMILES string of the molecule is N=C(N)c1ccc(SCc2ccccc2)c(Cl)c1. The van der Waals surface area contributed by atoms with Gasteiger partial charge in [-0.2, -0.15) is 0 Å². The highest BCUT2D eigenvalue weighted by molar-refractivity contribution is 7.98. The number of hydrogen-bond donors (Lipinski definition) is 2. The Balaban J connectivity index is 2.08. The predicted molar refractivity (Wildman–Crippen MR) is 78.5 cm³/mol. The molecule has 18 heavy (non-hydrogen) atoms. The second-order valence-electron chi connectivity index (χ2n) is 3.83. The zero-order valence-corrected chi connectivity index (χ0v) is 11.3. The van der Waals surface area contributed by atoms with E-state index < -0.39 is 0 Å². The van der Waals surface area contributed by atoms with Gasteiger partial charge in [-0.1, -0.05) is 48.0 Å². The van der Waals surface area contributed by atoms with E-state index in [1.807, 2.05) is 30.3 Å². The Morgan fingerprint density at radius 3 is 2.50 bits per heavy atom. The van der Waals surface area contributed by atoms with Gasteiger partial charge < -0.3 is 5.73 Å². The van der Waals surface area contributed by atoms with Gasteiger partial charge in [0.2, 0.25) is 0 Å². The third-order valence-electron chi connectivity index (χ3n) is 2.48. The van der Waals surface area contributed by atoms with Crippen LogP contribution in [0.4, 0.5) is 0 Å². The predicted octanol–water partition coefficient (Wildman–Crippen LogP) is 3.92. The number of halogens is 1. The summed E-state index contributed by atoms with van der Waals surface area (Å²) in [6.07, 6.45) is 0. The molecule has 0 unspecified atom stereocenters. The average molecular weight is 277 g/mol. The lowest BCUT2D eigenvalue weighted by atomic mass is 10.2. The van der Waals surface area contributed by atoms with Gasteiger partial charge in [-0.05, 0) is 17.7 Å². The van der Waals surface area contributed by atoms with Crippen molar-refractivity contribution >= 4 is 29.2 Å². The maximum Gasteiger partial charge on any atom is 0.122 e. The molecular weight excluding hydrogens is 264 g/mol. The molecule has 0 aliphatic heterocycles.